The molecule has 0 unspecified atom stereocenters. The molecule has 1 aliphatic carbocycles. The fraction of sp³-hybridized carbons (Fsp3) is 0.455. The second-order valence-corrected chi connectivity index (χ2v) is 8.53. The Balaban J connectivity index is 1.74. The van der Waals surface area contributed by atoms with Gasteiger partial charge in [0.05, 0.1) is 11.1 Å². The Hall–Kier alpha value is -2.76. The number of carbonyl (C=O) groups is 1. The van der Waals surface area contributed by atoms with Crippen LogP contribution in [-0.2, 0) is 24.2 Å². The molecule has 0 fully saturated rings. The van der Waals surface area contributed by atoms with E-state index in [1.165, 1.54) is 0 Å². The molecule has 1 aromatic carbocycles. The van der Waals surface area contributed by atoms with Crippen LogP contribution in [0.4, 0.5) is 0 Å². The van der Waals surface area contributed by atoms with E-state index in [9.17, 15) is 4.79 Å². The maximum atomic E-state index is 13.1. The van der Waals surface area contributed by atoms with Gasteiger partial charge in [-0.3, -0.25) is 4.98 Å². The number of aromatic nitrogens is 3. The first-order valence-corrected chi connectivity index (χ1v) is 9.69. The molecule has 3 aromatic rings. The minimum Gasteiger partial charge on any atom is -0.452 e. The van der Waals surface area contributed by atoms with E-state index in [4.69, 9.17) is 14.1 Å². The standard InChI is InChI=1S/C22H25N3O3/c1-13-24-25-19(28-13)12-27-21(26)20-15-7-5-6-8-17(15)23-18-10-9-14(11-16(18)20)22(2,3)4/h5-8,14H,9-12H2,1-4H3/t14-/m1/s1. The monoisotopic (exact) mass is 379 g/mol. The molecule has 1 aliphatic rings. The molecule has 0 N–H and O–H groups in total. The van der Waals surface area contributed by atoms with E-state index in [1.54, 1.807) is 6.92 Å². The Morgan fingerprint density at radius 3 is 2.75 bits per heavy atom. The zero-order valence-electron chi connectivity index (χ0n) is 16.8. The minimum atomic E-state index is -0.361. The molecule has 0 aliphatic heterocycles. The van der Waals surface area contributed by atoms with Crippen molar-refractivity contribution in [1.29, 1.82) is 0 Å². The molecule has 1 atom stereocenters. The largest absolute Gasteiger partial charge is 0.452 e. The van der Waals surface area contributed by atoms with Crippen LogP contribution in [0.5, 0.6) is 0 Å². The van der Waals surface area contributed by atoms with E-state index in [1.807, 2.05) is 24.3 Å². The van der Waals surface area contributed by atoms with Crippen LogP contribution in [-0.4, -0.2) is 21.2 Å². The van der Waals surface area contributed by atoms with E-state index in [0.717, 1.165) is 41.4 Å². The van der Waals surface area contributed by atoms with Gasteiger partial charge in [-0.2, -0.15) is 0 Å². The van der Waals surface area contributed by atoms with Gasteiger partial charge in [0.2, 0.25) is 5.89 Å². The van der Waals surface area contributed by atoms with Crippen LogP contribution in [0, 0.1) is 18.3 Å². The maximum Gasteiger partial charge on any atom is 0.339 e. The van der Waals surface area contributed by atoms with Crippen molar-refractivity contribution >= 4 is 16.9 Å². The van der Waals surface area contributed by atoms with Gasteiger partial charge in [-0.05, 0) is 42.2 Å². The SMILES string of the molecule is Cc1nnc(COC(=O)c2c3c(nc4ccccc24)CC[C@@H](C(C)(C)C)C3)o1. The number of fused-ring (bicyclic) bond motifs is 2. The van der Waals surface area contributed by atoms with Crippen LogP contribution in [0.1, 0.15) is 60.6 Å². The van der Waals surface area contributed by atoms with Gasteiger partial charge in [0.1, 0.15) is 0 Å². The summed E-state index contributed by atoms with van der Waals surface area (Å²) >= 11 is 0. The number of esters is 1. The molecule has 146 valence electrons. The first kappa shape index (κ1) is 18.6. The van der Waals surface area contributed by atoms with Gasteiger partial charge in [-0.15, -0.1) is 10.2 Å². The first-order chi connectivity index (χ1) is 13.3. The number of hydrogen-bond donors (Lipinski definition) is 0. The number of benzene rings is 1. The Morgan fingerprint density at radius 1 is 1.25 bits per heavy atom. The number of hydrogen-bond acceptors (Lipinski definition) is 6. The number of pyridine rings is 1. The summed E-state index contributed by atoms with van der Waals surface area (Å²) in [5.41, 5.74) is 3.67. The fourth-order valence-corrected chi connectivity index (χ4v) is 3.96. The van der Waals surface area contributed by atoms with Gasteiger partial charge in [0, 0.05) is 18.0 Å². The summed E-state index contributed by atoms with van der Waals surface area (Å²) in [6, 6.07) is 7.76. The number of ether oxygens (including phenoxy) is 1. The third-order valence-corrected chi connectivity index (χ3v) is 5.58. The Kier molecular flexibility index (Phi) is 4.65. The van der Waals surface area contributed by atoms with Crippen molar-refractivity contribution in [2.24, 2.45) is 11.3 Å². The van der Waals surface area contributed by atoms with Crippen LogP contribution in [0.15, 0.2) is 28.7 Å². The summed E-state index contributed by atoms with van der Waals surface area (Å²) in [6.07, 6.45) is 2.80. The van der Waals surface area contributed by atoms with E-state index < -0.39 is 0 Å². The molecule has 28 heavy (non-hydrogen) atoms. The first-order valence-electron chi connectivity index (χ1n) is 9.69. The molecule has 0 radical (unpaired) electrons. The average molecular weight is 379 g/mol. The molecule has 2 heterocycles. The Labute approximate surface area is 164 Å². The second-order valence-electron chi connectivity index (χ2n) is 8.53. The van der Waals surface area contributed by atoms with Crippen molar-refractivity contribution in [2.45, 2.75) is 53.6 Å². The lowest BCUT2D eigenvalue weighted by Crippen LogP contribution is -2.29. The lowest BCUT2D eigenvalue weighted by Gasteiger charge is -2.35. The van der Waals surface area contributed by atoms with Crippen molar-refractivity contribution in [3.63, 3.8) is 0 Å². The van der Waals surface area contributed by atoms with Gasteiger partial charge < -0.3 is 9.15 Å². The highest BCUT2D eigenvalue weighted by Crippen LogP contribution is 2.39. The summed E-state index contributed by atoms with van der Waals surface area (Å²) in [7, 11) is 0. The number of para-hydroxylation sites is 1. The van der Waals surface area contributed by atoms with Gasteiger partial charge in [0.25, 0.3) is 5.89 Å². The number of nitrogens with zero attached hydrogens (tertiary/aromatic N) is 3. The third-order valence-electron chi connectivity index (χ3n) is 5.58. The normalized spacial score (nSPS) is 16.8. The fourth-order valence-electron chi connectivity index (χ4n) is 3.96. The minimum absolute atomic E-state index is 0.0339. The Bertz CT molecular complexity index is 1030. The summed E-state index contributed by atoms with van der Waals surface area (Å²) in [5.74, 6) is 0.879. The molecule has 6 heteroatoms. The van der Waals surface area contributed by atoms with Crippen molar-refractivity contribution in [3.8, 4) is 0 Å². The highest BCUT2D eigenvalue weighted by molar-refractivity contribution is 6.05. The van der Waals surface area contributed by atoms with E-state index >= 15 is 0 Å². The van der Waals surface area contributed by atoms with Crippen molar-refractivity contribution in [3.05, 3.63) is 52.9 Å². The van der Waals surface area contributed by atoms with Crippen molar-refractivity contribution < 1.29 is 13.9 Å². The molecular weight excluding hydrogens is 354 g/mol. The predicted molar refractivity (Wildman–Crippen MR) is 105 cm³/mol. The Morgan fingerprint density at radius 2 is 2.04 bits per heavy atom. The van der Waals surface area contributed by atoms with Crippen LogP contribution in [0.25, 0.3) is 10.9 Å². The molecule has 0 bridgehead atoms. The smallest absolute Gasteiger partial charge is 0.339 e. The zero-order chi connectivity index (χ0) is 19.9. The van der Waals surface area contributed by atoms with Gasteiger partial charge in [-0.25, -0.2) is 4.79 Å². The number of carbonyl (C=O) groups excluding carboxylic acids is 1. The molecular formula is C22H25N3O3. The molecule has 0 spiro atoms. The highest BCUT2D eigenvalue weighted by atomic mass is 16.5. The van der Waals surface area contributed by atoms with Crippen LogP contribution in [0.3, 0.4) is 0 Å². The average Bonchev–Trinajstić information content (AvgIpc) is 3.08. The number of rotatable bonds is 3. The van der Waals surface area contributed by atoms with E-state index in [0.29, 0.717) is 23.3 Å². The van der Waals surface area contributed by atoms with Gasteiger partial charge >= 0.3 is 5.97 Å². The quantitative estimate of drug-likeness (QED) is 0.626. The molecule has 0 amide bonds. The molecule has 0 saturated heterocycles. The maximum absolute atomic E-state index is 13.1. The highest BCUT2D eigenvalue weighted by Gasteiger charge is 2.33. The lowest BCUT2D eigenvalue weighted by atomic mass is 9.70. The van der Waals surface area contributed by atoms with Crippen LogP contribution in [0.2, 0.25) is 0 Å². The third kappa shape index (κ3) is 3.51. The second kappa shape index (κ2) is 7.00. The summed E-state index contributed by atoms with van der Waals surface area (Å²) in [5, 5.41) is 8.51. The molecule has 6 nitrogen and oxygen atoms in total. The van der Waals surface area contributed by atoms with E-state index in [2.05, 4.69) is 31.0 Å². The molecule has 2 aromatic heterocycles. The van der Waals surface area contributed by atoms with E-state index in [-0.39, 0.29) is 18.0 Å². The summed E-state index contributed by atoms with van der Waals surface area (Å²) < 4.78 is 10.9. The predicted octanol–water partition coefficient (Wildman–Crippen LogP) is 4.43. The topological polar surface area (TPSA) is 78.1 Å². The molecule has 4 rings (SSSR count). The number of aryl methyl sites for hydroxylation is 2. The molecule has 0 saturated carbocycles. The van der Waals surface area contributed by atoms with Crippen molar-refractivity contribution in [1.82, 2.24) is 15.2 Å². The zero-order valence-corrected chi connectivity index (χ0v) is 16.8. The van der Waals surface area contributed by atoms with Crippen molar-refractivity contribution in [2.75, 3.05) is 0 Å². The van der Waals surface area contributed by atoms with Gasteiger partial charge in [-0.1, -0.05) is 39.0 Å². The summed E-state index contributed by atoms with van der Waals surface area (Å²) in [4.78, 5) is 18.0. The lowest BCUT2D eigenvalue weighted by molar-refractivity contribution is 0.0436. The van der Waals surface area contributed by atoms with Crippen LogP contribution >= 0.6 is 0 Å². The van der Waals surface area contributed by atoms with Gasteiger partial charge in [0.15, 0.2) is 6.61 Å². The summed E-state index contributed by atoms with van der Waals surface area (Å²) in [6.45, 7) is 8.44. The van der Waals surface area contributed by atoms with Crippen LogP contribution < -0.4 is 0 Å².